The van der Waals surface area contributed by atoms with Crippen molar-refractivity contribution in [3.63, 3.8) is 0 Å². The summed E-state index contributed by atoms with van der Waals surface area (Å²) < 4.78 is 0. The van der Waals surface area contributed by atoms with E-state index in [-0.39, 0.29) is 12.4 Å². The number of fused-ring (bicyclic) bond motifs is 2. The average molecular weight is 361 g/mol. The first-order valence-corrected chi connectivity index (χ1v) is 8.99. The van der Waals surface area contributed by atoms with Gasteiger partial charge in [-0.3, -0.25) is 4.79 Å². The lowest BCUT2D eigenvalue weighted by Crippen LogP contribution is -2.39. The Morgan fingerprint density at radius 1 is 1.23 bits per heavy atom. The third kappa shape index (κ3) is 4.79. The molecule has 1 amide bonds. The first kappa shape index (κ1) is 17.9. The summed E-state index contributed by atoms with van der Waals surface area (Å²) in [5, 5.41) is 4.37. The van der Waals surface area contributed by atoms with Gasteiger partial charge < -0.3 is 10.2 Å². The van der Waals surface area contributed by atoms with Gasteiger partial charge in [0.25, 0.3) is 0 Å². The Morgan fingerprint density at radius 3 is 2.73 bits per heavy atom. The molecular formula is C16H22Cl2N2OS. The number of rotatable bonds is 4. The molecule has 1 N–H and O–H groups in total. The Hall–Kier alpha value is -0.420. The molecule has 22 heavy (non-hydrogen) atoms. The van der Waals surface area contributed by atoms with Crippen LogP contribution in [0.5, 0.6) is 0 Å². The molecule has 0 aliphatic carbocycles. The van der Waals surface area contributed by atoms with Gasteiger partial charge in [-0.1, -0.05) is 11.6 Å². The average Bonchev–Trinajstić information content (AvgIpc) is 2.80. The van der Waals surface area contributed by atoms with Crippen molar-refractivity contribution in [3.05, 3.63) is 29.3 Å². The fourth-order valence-corrected chi connectivity index (χ4v) is 4.08. The van der Waals surface area contributed by atoms with Gasteiger partial charge in [-0.15, -0.1) is 24.2 Å². The van der Waals surface area contributed by atoms with Crippen LogP contribution < -0.4 is 5.32 Å². The van der Waals surface area contributed by atoms with E-state index in [1.807, 2.05) is 24.3 Å². The number of halogens is 2. The van der Waals surface area contributed by atoms with E-state index in [0.717, 1.165) is 30.3 Å². The molecule has 0 aromatic heterocycles. The van der Waals surface area contributed by atoms with E-state index < -0.39 is 0 Å². The normalized spacial score (nSPS) is 23.8. The van der Waals surface area contributed by atoms with Gasteiger partial charge in [-0.05, 0) is 43.5 Å². The maximum absolute atomic E-state index is 12.3. The highest BCUT2D eigenvalue weighted by Crippen LogP contribution is 2.23. The Morgan fingerprint density at radius 2 is 1.95 bits per heavy atom. The van der Waals surface area contributed by atoms with Crippen molar-refractivity contribution in [3.8, 4) is 0 Å². The van der Waals surface area contributed by atoms with Crippen LogP contribution in [0.1, 0.15) is 25.7 Å². The molecule has 122 valence electrons. The number of nitrogens with one attached hydrogen (secondary N) is 1. The molecule has 2 bridgehead atoms. The summed E-state index contributed by atoms with van der Waals surface area (Å²) in [4.78, 5) is 15.6. The molecule has 2 fully saturated rings. The van der Waals surface area contributed by atoms with Crippen LogP contribution in [0.2, 0.25) is 5.02 Å². The van der Waals surface area contributed by atoms with Crippen molar-refractivity contribution < 1.29 is 4.79 Å². The van der Waals surface area contributed by atoms with Crippen LogP contribution in [-0.2, 0) is 4.79 Å². The van der Waals surface area contributed by atoms with E-state index in [0.29, 0.717) is 24.4 Å². The molecule has 2 aliphatic heterocycles. The number of amides is 1. The van der Waals surface area contributed by atoms with Gasteiger partial charge in [0.1, 0.15) is 0 Å². The smallest absolute Gasteiger partial charge is 0.223 e. The first-order valence-electron chi connectivity index (χ1n) is 7.63. The maximum Gasteiger partial charge on any atom is 0.223 e. The van der Waals surface area contributed by atoms with Gasteiger partial charge in [0, 0.05) is 47.3 Å². The Bertz CT molecular complexity index is 497. The van der Waals surface area contributed by atoms with Crippen molar-refractivity contribution in [1.29, 1.82) is 0 Å². The highest BCUT2D eigenvalue weighted by molar-refractivity contribution is 7.99. The fraction of sp³-hybridized carbons (Fsp3) is 0.562. The number of carbonyl (C=O) groups excluding carboxylic acids is 1. The van der Waals surface area contributed by atoms with Gasteiger partial charge in [-0.2, -0.15) is 0 Å². The topological polar surface area (TPSA) is 32.3 Å². The van der Waals surface area contributed by atoms with Gasteiger partial charge in [0.2, 0.25) is 5.91 Å². The summed E-state index contributed by atoms with van der Waals surface area (Å²) in [5.74, 6) is 1.13. The number of likely N-dealkylation sites (tertiary alicyclic amines) is 1. The minimum absolute atomic E-state index is 0. The monoisotopic (exact) mass is 360 g/mol. The molecule has 3 nitrogen and oxygen atoms in total. The standard InChI is InChI=1S/C16H21ClN2OS.ClH/c17-12-1-5-15(6-2-12)21-10-8-16(20)19-9-7-13-3-4-14(11-19)18-13;/h1-2,5-6,13-14,18H,3-4,7-11H2;1H. The molecule has 0 saturated carbocycles. The zero-order valence-corrected chi connectivity index (χ0v) is 14.9. The molecule has 2 aliphatic rings. The lowest BCUT2D eigenvalue weighted by atomic mass is 10.1. The van der Waals surface area contributed by atoms with Crippen LogP contribution in [0.3, 0.4) is 0 Å². The second-order valence-electron chi connectivity index (χ2n) is 5.82. The van der Waals surface area contributed by atoms with E-state index in [2.05, 4.69) is 10.2 Å². The van der Waals surface area contributed by atoms with E-state index in [1.165, 1.54) is 17.7 Å². The number of carbonyl (C=O) groups is 1. The van der Waals surface area contributed by atoms with Gasteiger partial charge in [0.15, 0.2) is 0 Å². The first-order chi connectivity index (χ1) is 10.2. The highest BCUT2D eigenvalue weighted by atomic mass is 35.5. The van der Waals surface area contributed by atoms with Crippen molar-refractivity contribution in [2.24, 2.45) is 0 Å². The van der Waals surface area contributed by atoms with E-state index in [1.54, 1.807) is 11.8 Å². The predicted molar refractivity (Wildman–Crippen MR) is 95.2 cm³/mol. The predicted octanol–water partition coefficient (Wildman–Crippen LogP) is 3.60. The van der Waals surface area contributed by atoms with Gasteiger partial charge in [0.05, 0.1) is 0 Å². The van der Waals surface area contributed by atoms with E-state index >= 15 is 0 Å². The number of hydrogen-bond donors (Lipinski definition) is 1. The summed E-state index contributed by atoms with van der Waals surface area (Å²) in [7, 11) is 0. The zero-order chi connectivity index (χ0) is 14.7. The van der Waals surface area contributed by atoms with Gasteiger partial charge in [-0.25, -0.2) is 0 Å². The SMILES string of the molecule is Cl.O=C(CCSc1ccc(Cl)cc1)N1CCC2CCC(C1)N2. The number of benzene rings is 1. The fourth-order valence-electron chi connectivity index (χ4n) is 3.11. The second-order valence-corrected chi connectivity index (χ2v) is 7.42. The van der Waals surface area contributed by atoms with Crippen molar-refractivity contribution in [2.45, 2.75) is 42.7 Å². The minimum Gasteiger partial charge on any atom is -0.341 e. The number of hydrogen-bond acceptors (Lipinski definition) is 3. The molecule has 0 radical (unpaired) electrons. The lowest BCUT2D eigenvalue weighted by Gasteiger charge is -2.24. The van der Waals surface area contributed by atoms with Crippen LogP contribution in [0.15, 0.2) is 29.2 Å². The van der Waals surface area contributed by atoms with Crippen LogP contribution in [-0.4, -0.2) is 41.7 Å². The molecule has 1 aromatic rings. The van der Waals surface area contributed by atoms with Crippen LogP contribution in [0.25, 0.3) is 0 Å². The largest absolute Gasteiger partial charge is 0.341 e. The van der Waals surface area contributed by atoms with Crippen molar-refractivity contribution >= 4 is 41.7 Å². The van der Waals surface area contributed by atoms with Crippen LogP contribution in [0, 0.1) is 0 Å². The quantitative estimate of drug-likeness (QED) is 0.832. The Balaban J connectivity index is 0.00000176. The zero-order valence-electron chi connectivity index (χ0n) is 12.5. The van der Waals surface area contributed by atoms with E-state index in [9.17, 15) is 4.79 Å². The lowest BCUT2D eigenvalue weighted by molar-refractivity contribution is -0.130. The molecule has 2 heterocycles. The summed E-state index contributed by atoms with van der Waals surface area (Å²) in [6.45, 7) is 1.81. The molecule has 2 unspecified atom stereocenters. The summed E-state index contributed by atoms with van der Waals surface area (Å²) in [5.41, 5.74) is 0. The minimum atomic E-state index is 0. The number of thioether (sulfide) groups is 1. The molecule has 1 aromatic carbocycles. The molecule has 2 saturated heterocycles. The summed E-state index contributed by atoms with van der Waals surface area (Å²) in [6.07, 6.45) is 4.21. The molecule has 2 atom stereocenters. The van der Waals surface area contributed by atoms with Crippen LogP contribution >= 0.6 is 35.8 Å². The molecule has 0 spiro atoms. The Kier molecular flexibility index (Phi) is 6.87. The van der Waals surface area contributed by atoms with E-state index in [4.69, 9.17) is 11.6 Å². The molecule has 3 rings (SSSR count). The van der Waals surface area contributed by atoms with Crippen molar-refractivity contribution in [1.82, 2.24) is 10.2 Å². The summed E-state index contributed by atoms with van der Waals surface area (Å²) >= 11 is 7.59. The summed E-state index contributed by atoms with van der Waals surface area (Å²) in [6, 6.07) is 8.95. The molecular weight excluding hydrogens is 339 g/mol. The highest BCUT2D eigenvalue weighted by Gasteiger charge is 2.30. The molecule has 6 heteroatoms. The van der Waals surface area contributed by atoms with Crippen molar-refractivity contribution in [2.75, 3.05) is 18.8 Å². The number of nitrogens with zero attached hydrogens (tertiary/aromatic N) is 1. The van der Waals surface area contributed by atoms with Crippen LogP contribution in [0.4, 0.5) is 0 Å². The Labute approximate surface area is 147 Å². The third-order valence-electron chi connectivity index (χ3n) is 4.27. The third-order valence-corrected chi connectivity index (χ3v) is 5.54. The second kappa shape index (κ2) is 8.44. The maximum atomic E-state index is 12.3. The van der Waals surface area contributed by atoms with Gasteiger partial charge >= 0.3 is 0 Å².